The molecule has 0 aliphatic rings. The molecule has 2 aromatic carbocycles. The number of benzene rings is 2. The second-order valence-electron chi connectivity index (χ2n) is 5.92. The Kier molecular flexibility index (Phi) is 5.40. The topological polar surface area (TPSA) is 99.0 Å². The molecule has 0 saturated carbocycles. The van der Waals surface area contributed by atoms with E-state index in [0.29, 0.717) is 28.3 Å². The van der Waals surface area contributed by atoms with E-state index in [-0.39, 0.29) is 10.7 Å². The van der Waals surface area contributed by atoms with E-state index in [4.69, 9.17) is 11.6 Å². The highest BCUT2D eigenvalue weighted by Gasteiger charge is 2.13. The van der Waals surface area contributed by atoms with Gasteiger partial charge in [-0.3, -0.25) is 5.10 Å². The number of sulfone groups is 1. The number of halogens is 1. The summed E-state index contributed by atoms with van der Waals surface area (Å²) in [6, 6.07) is 15.8. The van der Waals surface area contributed by atoms with E-state index in [1.807, 2.05) is 18.2 Å². The fourth-order valence-electron chi connectivity index (χ4n) is 2.49. The van der Waals surface area contributed by atoms with Crippen molar-refractivity contribution in [3.63, 3.8) is 0 Å². The van der Waals surface area contributed by atoms with Gasteiger partial charge in [-0.25, -0.2) is 13.4 Å². The van der Waals surface area contributed by atoms with Gasteiger partial charge in [0.05, 0.1) is 10.6 Å². The number of aliphatic imine (C=N–C) groups is 1. The van der Waals surface area contributed by atoms with Crippen LogP contribution in [0, 0.1) is 11.3 Å². The maximum atomic E-state index is 11.5. The minimum Gasteiger partial charge on any atom is -0.279 e. The average molecular weight is 399 g/mol. The lowest BCUT2D eigenvalue weighted by atomic mass is 10.1. The number of hydrogen-bond donors (Lipinski definition) is 1. The lowest BCUT2D eigenvalue weighted by molar-refractivity contribution is 0.602. The summed E-state index contributed by atoms with van der Waals surface area (Å²) in [7, 11) is -3.24. The first kappa shape index (κ1) is 18.8. The number of rotatable bonds is 5. The second-order valence-corrected chi connectivity index (χ2v) is 8.37. The number of nitrogens with zero attached hydrogens (tertiary/aromatic N) is 3. The third-order valence-electron chi connectivity index (χ3n) is 3.85. The Morgan fingerprint density at radius 1 is 1.26 bits per heavy atom. The van der Waals surface area contributed by atoms with Crippen molar-refractivity contribution in [2.45, 2.75) is 11.3 Å². The molecule has 6 nitrogen and oxygen atoms in total. The summed E-state index contributed by atoms with van der Waals surface area (Å²) in [6.45, 7) is 0. The summed E-state index contributed by atoms with van der Waals surface area (Å²) in [6.07, 6.45) is 3.17. The van der Waals surface area contributed by atoms with Crippen LogP contribution in [0.25, 0.3) is 0 Å². The zero-order chi connectivity index (χ0) is 19.4. The molecule has 0 bridgehead atoms. The smallest absolute Gasteiger partial charge is 0.191 e. The summed E-state index contributed by atoms with van der Waals surface area (Å²) >= 11 is 5.99. The van der Waals surface area contributed by atoms with Gasteiger partial charge in [0.15, 0.2) is 15.7 Å². The molecule has 8 heteroatoms. The van der Waals surface area contributed by atoms with Crippen LogP contribution in [0.4, 0.5) is 5.82 Å². The first-order valence-corrected chi connectivity index (χ1v) is 10.2. The van der Waals surface area contributed by atoms with Gasteiger partial charge < -0.3 is 0 Å². The third kappa shape index (κ3) is 4.61. The normalized spacial score (nSPS) is 11.6. The fourth-order valence-corrected chi connectivity index (χ4v) is 3.34. The van der Waals surface area contributed by atoms with Gasteiger partial charge in [-0.2, -0.15) is 10.4 Å². The van der Waals surface area contributed by atoms with Crippen molar-refractivity contribution in [1.82, 2.24) is 10.2 Å². The van der Waals surface area contributed by atoms with Gasteiger partial charge in [0.25, 0.3) is 0 Å². The molecule has 136 valence electrons. The largest absolute Gasteiger partial charge is 0.279 e. The lowest BCUT2D eigenvalue weighted by Crippen LogP contribution is -1.96. The third-order valence-corrected chi connectivity index (χ3v) is 5.21. The number of hydrogen-bond acceptors (Lipinski definition) is 5. The first-order valence-electron chi connectivity index (χ1n) is 7.93. The van der Waals surface area contributed by atoms with E-state index in [2.05, 4.69) is 21.3 Å². The van der Waals surface area contributed by atoms with Crippen molar-refractivity contribution >= 4 is 33.5 Å². The predicted molar refractivity (Wildman–Crippen MR) is 104 cm³/mol. The molecule has 27 heavy (non-hydrogen) atoms. The molecule has 0 saturated heterocycles. The van der Waals surface area contributed by atoms with Crippen LogP contribution in [0.5, 0.6) is 0 Å². The molecule has 3 aromatic rings. The summed E-state index contributed by atoms with van der Waals surface area (Å²) in [5.74, 6) is 0.279. The first-order chi connectivity index (χ1) is 12.9. The number of aromatic nitrogens is 2. The van der Waals surface area contributed by atoms with Crippen LogP contribution in [-0.2, 0) is 16.3 Å². The molecule has 0 amide bonds. The highest BCUT2D eigenvalue weighted by atomic mass is 35.5. The molecule has 1 heterocycles. The van der Waals surface area contributed by atoms with Gasteiger partial charge in [-0.15, -0.1) is 0 Å². The monoisotopic (exact) mass is 398 g/mol. The lowest BCUT2D eigenvalue weighted by Gasteiger charge is -2.00. The maximum Gasteiger partial charge on any atom is 0.191 e. The Balaban J connectivity index is 1.82. The highest BCUT2D eigenvalue weighted by molar-refractivity contribution is 7.90. The van der Waals surface area contributed by atoms with Crippen LogP contribution in [0.3, 0.4) is 0 Å². The van der Waals surface area contributed by atoms with Crippen LogP contribution in [0.15, 0.2) is 58.4 Å². The van der Waals surface area contributed by atoms with E-state index in [9.17, 15) is 13.7 Å². The Hall–Kier alpha value is -2.95. The van der Waals surface area contributed by atoms with Crippen LogP contribution < -0.4 is 0 Å². The molecule has 0 radical (unpaired) electrons. The molecule has 0 fully saturated rings. The molecule has 1 aromatic heterocycles. The van der Waals surface area contributed by atoms with Gasteiger partial charge in [0.2, 0.25) is 0 Å². The second kappa shape index (κ2) is 7.74. The predicted octanol–water partition coefficient (Wildman–Crippen LogP) is 3.68. The Labute approximate surface area is 162 Å². The fraction of sp³-hybridized carbons (Fsp3) is 0.105. The molecular formula is C19H15ClN4O2S. The van der Waals surface area contributed by atoms with Crippen molar-refractivity contribution in [3.05, 3.63) is 75.9 Å². The van der Waals surface area contributed by atoms with Crippen LogP contribution in [0.1, 0.15) is 22.4 Å². The minimum atomic E-state index is -3.24. The molecule has 0 unspecified atom stereocenters. The summed E-state index contributed by atoms with van der Waals surface area (Å²) in [5.41, 5.74) is 2.67. The maximum absolute atomic E-state index is 11.5. The van der Waals surface area contributed by atoms with Crippen molar-refractivity contribution < 1.29 is 8.42 Å². The quantitative estimate of drug-likeness (QED) is 0.662. The number of aromatic amines is 1. The SMILES string of the molecule is CS(=O)(=O)c1ccc(C=Nc2n[nH]c(Cc3cccc(Cl)c3)c2C#N)cc1. The van der Waals surface area contributed by atoms with Crippen LogP contribution >= 0.6 is 11.6 Å². The van der Waals surface area contributed by atoms with Crippen LogP contribution in [-0.4, -0.2) is 31.1 Å². The van der Waals surface area contributed by atoms with Gasteiger partial charge in [0, 0.05) is 23.9 Å². The van der Waals surface area contributed by atoms with Crippen molar-refractivity contribution in [2.75, 3.05) is 6.26 Å². The molecule has 0 aliphatic heterocycles. The molecule has 1 N–H and O–H groups in total. The zero-order valence-electron chi connectivity index (χ0n) is 14.3. The van der Waals surface area contributed by atoms with E-state index in [1.54, 1.807) is 18.2 Å². The Bertz CT molecular complexity index is 1140. The molecule has 0 atom stereocenters. The Morgan fingerprint density at radius 2 is 2.00 bits per heavy atom. The highest BCUT2D eigenvalue weighted by Crippen LogP contribution is 2.22. The van der Waals surface area contributed by atoms with E-state index >= 15 is 0 Å². The van der Waals surface area contributed by atoms with E-state index in [1.165, 1.54) is 18.3 Å². The Morgan fingerprint density at radius 3 is 2.63 bits per heavy atom. The molecule has 0 aliphatic carbocycles. The standard InChI is InChI=1S/C19H15ClN4O2S/c1-27(25,26)16-7-5-13(6-8-16)12-22-19-17(11-21)18(23-24-19)10-14-3-2-4-15(20)9-14/h2-9,12H,10H2,1H3,(H,23,24). The molecular weight excluding hydrogens is 384 g/mol. The minimum absolute atomic E-state index is 0.237. The number of nitriles is 1. The van der Waals surface area contributed by atoms with Crippen LogP contribution in [0.2, 0.25) is 5.02 Å². The van der Waals surface area contributed by atoms with Crippen molar-refractivity contribution in [3.8, 4) is 6.07 Å². The van der Waals surface area contributed by atoms with E-state index in [0.717, 1.165) is 11.8 Å². The van der Waals surface area contributed by atoms with Gasteiger partial charge in [0.1, 0.15) is 11.6 Å². The van der Waals surface area contributed by atoms with Gasteiger partial charge in [-0.1, -0.05) is 35.9 Å². The van der Waals surface area contributed by atoms with E-state index < -0.39 is 9.84 Å². The average Bonchev–Trinajstić information content (AvgIpc) is 3.01. The summed E-state index contributed by atoms with van der Waals surface area (Å²) in [4.78, 5) is 4.49. The van der Waals surface area contributed by atoms with Gasteiger partial charge >= 0.3 is 0 Å². The molecule has 3 rings (SSSR count). The van der Waals surface area contributed by atoms with Gasteiger partial charge in [-0.05, 0) is 35.4 Å². The number of nitrogens with one attached hydrogen (secondary N) is 1. The summed E-state index contributed by atoms with van der Waals surface area (Å²) in [5, 5.41) is 17.0. The zero-order valence-corrected chi connectivity index (χ0v) is 15.9. The molecule has 0 spiro atoms. The van der Waals surface area contributed by atoms with Crippen molar-refractivity contribution in [1.29, 1.82) is 5.26 Å². The number of H-pyrrole nitrogens is 1. The summed E-state index contributed by atoms with van der Waals surface area (Å²) < 4.78 is 23.0. The van der Waals surface area contributed by atoms with Crippen molar-refractivity contribution in [2.24, 2.45) is 4.99 Å².